The molecule has 1 unspecified atom stereocenters. The summed E-state index contributed by atoms with van der Waals surface area (Å²) in [4.78, 5) is 41.6. The van der Waals surface area contributed by atoms with Gasteiger partial charge >= 0.3 is 5.97 Å². The Kier molecular flexibility index (Phi) is 5.44. The van der Waals surface area contributed by atoms with E-state index in [1.807, 2.05) is 60.4 Å². The molecule has 2 aliphatic heterocycles. The number of carbonyl (C=O) groups excluding carboxylic acids is 2. The van der Waals surface area contributed by atoms with Crippen LogP contribution in [0.1, 0.15) is 22.3 Å². The van der Waals surface area contributed by atoms with Crippen LogP contribution in [0.2, 0.25) is 0 Å². The second kappa shape index (κ2) is 8.18. The molecule has 156 valence electrons. The number of anilines is 2. The maximum Gasteiger partial charge on any atom is 0.308 e. The van der Waals surface area contributed by atoms with E-state index in [0.717, 1.165) is 30.0 Å². The molecule has 0 bridgehead atoms. The zero-order chi connectivity index (χ0) is 21.3. The lowest BCUT2D eigenvalue weighted by atomic mass is 10.1. The van der Waals surface area contributed by atoms with Gasteiger partial charge in [-0.2, -0.15) is 0 Å². The molecule has 1 atom stereocenters. The average molecular weight is 407 g/mol. The standard InChI is InChI=1S/C23H25N3O4/c1-16-2-4-17(5-3-16)22(28)25-12-10-24(11-13-25)19-6-8-20(9-7-19)26-15-18(23(29)30)14-21(26)27/h2-9,18H,10-15H2,1H3,(H,29,30). The van der Waals surface area contributed by atoms with Crippen LogP contribution in [0.15, 0.2) is 48.5 Å². The molecular formula is C23H25N3O4. The molecule has 0 saturated carbocycles. The molecule has 0 aromatic heterocycles. The topological polar surface area (TPSA) is 81.2 Å². The van der Waals surface area contributed by atoms with Crippen molar-refractivity contribution in [3.05, 3.63) is 59.7 Å². The van der Waals surface area contributed by atoms with E-state index in [-0.39, 0.29) is 24.8 Å². The molecule has 0 spiro atoms. The molecule has 7 nitrogen and oxygen atoms in total. The van der Waals surface area contributed by atoms with Gasteiger partial charge in [-0.15, -0.1) is 0 Å². The molecule has 2 aliphatic rings. The summed E-state index contributed by atoms with van der Waals surface area (Å²) in [5, 5.41) is 9.14. The first-order chi connectivity index (χ1) is 14.4. The van der Waals surface area contributed by atoms with Crippen molar-refractivity contribution in [2.75, 3.05) is 42.5 Å². The number of aliphatic carboxylic acids is 1. The summed E-state index contributed by atoms with van der Waals surface area (Å²) in [7, 11) is 0. The Hall–Kier alpha value is -3.35. The zero-order valence-corrected chi connectivity index (χ0v) is 17.0. The van der Waals surface area contributed by atoms with Gasteiger partial charge in [-0.1, -0.05) is 17.7 Å². The van der Waals surface area contributed by atoms with Gasteiger partial charge in [0.15, 0.2) is 0 Å². The lowest BCUT2D eigenvalue weighted by Crippen LogP contribution is -2.48. The summed E-state index contributed by atoms with van der Waals surface area (Å²) < 4.78 is 0. The van der Waals surface area contributed by atoms with Crippen molar-refractivity contribution in [2.45, 2.75) is 13.3 Å². The Morgan fingerprint density at radius 1 is 0.900 bits per heavy atom. The van der Waals surface area contributed by atoms with Crippen LogP contribution in [0.5, 0.6) is 0 Å². The maximum atomic E-state index is 12.7. The number of carbonyl (C=O) groups is 3. The minimum absolute atomic E-state index is 0.0497. The SMILES string of the molecule is Cc1ccc(C(=O)N2CCN(c3ccc(N4CC(C(=O)O)CC4=O)cc3)CC2)cc1. The highest BCUT2D eigenvalue weighted by Gasteiger charge is 2.35. The highest BCUT2D eigenvalue weighted by atomic mass is 16.4. The van der Waals surface area contributed by atoms with Crippen LogP contribution in [0.4, 0.5) is 11.4 Å². The van der Waals surface area contributed by atoms with Gasteiger partial charge < -0.3 is 19.8 Å². The quantitative estimate of drug-likeness (QED) is 0.842. The number of piperazine rings is 1. The van der Waals surface area contributed by atoms with E-state index in [4.69, 9.17) is 5.11 Å². The molecule has 2 fully saturated rings. The van der Waals surface area contributed by atoms with Crippen molar-refractivity contribution in [1.29, 1.82) is 0 Å². The van der Waals surface area contributed by atoms with E-state index >= 15 is 0 Å². The summed E-state index contributed by atoms with van der Waals surface area (Å²) in [6, 6.07) is 15.3. The smallest absolute Gasteiger partial charge is 0.308 e. The predicted molar refractivity (Wildman–Crippen MR) is 114 cm³/mol. The fourth-order valence-corrected chi connectivity index (χ4v) is 4.01. The highest BCUT2D eigenvalue weighted by Crippen LogP contribution is 2.28. The maximum absolute atomic E-state index is 12.7. The molecule has 2 aromatic carbocycles. The Morgan fingerprint density at radius 3 is 2.07 bits per heavy atom. The fraction of sp³-hybridized carbons (Fsp3) is 0.348. The van der Waals surface area contributed by atoms with Gasteiger partial charge in [0.1, 0.15) is 0 Å². The predicted octanol–water partition coefficient (Wildman–Crippen LogP) is 2.39. The molecular weight excluding hydrogens is 382 g/mol. The summed E-state index contributed by atoms with van der Waals surface area (Å²) in [5.41, 5.74) is 3.60. The summed E-state index contributed by atoms with van der Waals surface area (Å²) in [5.74, 6) is -1.67. The van der Waals surface area contributed by atoms with Crippen LogP contribution in [0.25, 0.3) is 0 Å². The number of rotatable bonds is 4. The van der Waals surface area contributed by atoms with Crippen LogP contribution in [0.3, 0.4) is 0 Å². The molecule has 2 heterocycles. The van der Waals surface area contributed by atoms with E-state index < -0.39 is 11.9 Å². The second-order valence-electron chi connectivity index (χ2n) is 7.91. The number of benzene rings is 2. The molecule has 0 aliphatic carbocycles. The van der Waals surface area contributed by atoms with Crippen LogP contribution < -0.4 is 9.80 Å². The highest BCUT2D eigenvalue weighted by molar-refractivity contribution is 5.99. The van der Waals surface area contributed by atoms with Crippen LogP contribution in [-0.4, -0.2) is 60.5 Å². The monoisotopic (exact) mass is 407 g/mol. The lowest BCUT2D eigenvalue weighted by molar-refractivity contribution is -0.141. The van der Waals surface area contributed by atoms with Crippen molar-refractivity contribution >= 4 is 29.2 Å². The van der Waals surface area contributed by atoms with Gasteiger partial charge in [0.05, 0.1) is 5.92 Å². The van der Waals surface area contributed by atoms with Crippen molar-refractivity contribution in [2.24, 2.45) is 5.92 Å². The summed E-state index contributed by atoms with van der Waals surface area (Å²) in [6.07, 6.45) is 0.0497. The number of hydrogen-bond donors (Lipinski definition) is 1. The Labute approximate surface area is 175 Å². The van der Waals surface area contributed by atoms with Crippen molar-refractivity contribution < 1.29 is 19.5 Å². The molecule has 2 saturated heterocycles. The third kappa shape index (κ3) is 4.01. The molecule has 2 aromatic rings. The molecule has 1 N–H and O–H groups in total. The molecule has 7 heteroatoms. The first-order valence-electron chi connectivity index (χ1n) is 10.2. The number of aryl methyl sites for hydroxylation is 1. The molecule has 2 amide bonds. The fourth-order valence-electron chi connectivity index (χ4n) is 4.01. The summed E-state index contributed by atoms with van der Waals surface area (Å²) >= 11 is 0. The molecule has 4 rings (SSSR count). The van der Waals surface area contributed by atoms with Gasteiger partial charge in [-0.3, -0.25) is 14.4 Å². The van der Waals surface area contributed by atoms with E-state index in [0.29, 0.717) is 18.7 Å². The van der Waals surface area contributed by atoms with Gasteiger partial charge in [-0.05, 0) is 43.3 Å². The molecule has 30 heavy (non-hydrogen) atoms. The average Bonchev–Trinajstić information content (AvgIpc) is 3.16. The first-order valence-corrected chi connectivity index (χ1v) is 10.2. The van der Waals surface area contributed by atoms with Crippen molar-refractivity contribution in [3.63, 3.8) is 0 Å². The minimum atomic E-state index is -0.930. The minimum Gasteiger partial charge on any atom is -0.481 e. The Bertz CT molecular complexity index is 947. The number of hydrogen-bond acceptors (Lipinski definition) is 4. The van der Waals surface area contributed by atoms with Crippen molar-refractivity contribution in [1.82, 2.24) is 4.90 Å². The third-order valence-electron chi connectivity index (χ3n) is 5.87. The van der Waals surface area contributed by atoms with E-state index in [9.17, 15) is 14.4 Å². The number of amides is 2. The van der Waals surface area contributed by atoms with E-state index in [1.165, 1.54) is 0 Å². The number of nitrogens with zero attached hydrogens (tertiary/aromatic N) is 3. The summed E-state index contributed by atoms with van der Waals surface area (Å²) in [6.45, 7) is 5.00. The van der Waals surface area contributed by atoms with Gasteiger partial charge in [0, 0.05) is 56.1 Å². The Morgan fingerprint density at radius 2 is 1.50 bits per heavy atom. The van der Waals surface area contributed by atoms with Crippen LogP contribution >= 0.6 is 0 Å². The molecule has 0 radical (unpaired) electrons. The lowest BCUT2D eigenvalue weighted by Gasteiger charge is -2.36. The number of carboxylic acid groups (broad SMARTS) is 1. The Balaban J connectivity index is 1.36. The van der Waals surface area contributed by atoms with Crippen LogP contribution in [0, 0.1) is 12.8 Å². The van der Waals surface area contributed by atoms with Gasteiger partial charge in [-0.25, -0.2) is 0 Å². The zero-order valence-electron chi connectivity index (χ0n) is 17.0. The van der Waals surface area contributed by atoms with E-state index in [1.54, 1.807) is 4.90 Å². The first kappa shape index (κ1) is 19.9. The van der Waals surface area contributed by atoms with Crippen LogP contribution in [-0.2, 0) is 9.59 Å². The third-order valence-corrected chi connectivity index (χ3v) is 5.87. The normalized spacial score (nSPS) is 19.3. The second-order valence-corrected chi connectivity index (χ2v) is 7.91. The van der Waals surface area contributed by atoms with Crippen molar-refractivity contribution in [3.8, 4) is 0 Å². The number of carboxylic acids is 1. The van der Waals surface area contributed by atoms with E-state index in [2.05, 4.69) is 4.90 Å². The van der Waals surface area contributed by atoms with Gasteiger partial charge in [0.2, 0.25) is 5.91 Å². The largest absolute Gasteiger partial charge is 0.481 e. The van der Waals surface area contributed by atoms with Gasteiger partial charge in [0.25, 0.3) is 5.91 Å².